The maximum Gasteiger partial charge on any atom is 0.255 e. The second-order valence-corrected chi connectivity index (χ2v) is 7.82. The molecule has 6 heteroatoms. The van der Waals surface area contributed by atoms with E-state index in [1.54, 1.807) is 0 Å². The summed E-state index contributed by atoms with van der Waals surface area (Å²) in [4.78, 5) is 29.7. The normalized spacial score (nSPS) is 17.6. The molecule has 4 heterocycles. The van der Waals surface area contributed by atoms with E-state index in [1.165, 1.54) is 30.2 Å². The Hall–Kier alpha value is -2.73. The Labute approximate surface area is 164 Å². The quantitative estimate of drug-likeness (QED) is 0.763. The molecule has 3 aromatic rings. The van der Waals surface area contributed by atoms with E-state index in [9.17, 15) is 4.79 Å². The zero-order valence-electron chi connectivity index (χ0n) is 16.0. The average Bonchev–Trinajstić information content (AvgIpc) is 2.74. The van der Waals surface area contributed by atoms with Crippen molar-refractivity contribution in [3.05, 3.63) is 63.7 Å². The minimum absolute atomic E-state index is 0.0389. The Bertz CT molecular complexity index is 1050. The molecule has 0 aliphatic carbocycles. The first-order chi connectivity index (χ1) is 13.8. The first-order valence-electron chi connectivity index (χ1n) is 10.2. The van der Waals surface area contributed by atoms with Crippen LogP contribution in [0.25, 0.3) is 10.9 Å². The molecule has 1 fully saturated rings. The van der Waals surface area contributed by atoms with E-state index in [4.69, 9.17) is 4.98 Å². The van der Waals surface area contributed by atoms with Gasteiger partial charge in [0, 0.05) is 49.9 Å². The van der Waals surface area contributed by atoms with Crippen LogP contribution in [0.15, 0.2) is 41.3 Å². The van der Waals surface area contributed by atoms with E-state index in [0.717, 1.165) is 55.3 Å². The summed E-state index contributed by atoms with van der Waals surface area (Å²) in [6.45, 7) is 4.36. The van der Waals surface area contributed by atoms with Crippen molar-refractivity contribution < 1.29 is 0 Å². The highest BCUT2D eigenvalue weighted by atomic mass is 16.1. The standard InChI is InChI=1S/C22H25N5O/c28-21-18-9-13-26(14-17-7-4-6-16-8-5-10-23-20(16)17)15-19(18)24-22(25-21)27-11-2-1-3-12-27/h4-8,10H,1-3,9,11-15H2,(H,24,25,28). The highest BCUT2D eigenvalue weighted by molar-refractivity contribution is 5.81. The fraction of sp³-hybridized carbons (Fsp3) is 0.409. The van der Waals surface area contributed by atoms with Gasteiger partial charge < -0.3 is 4.90 Å². The minimum atomic E-state index is 0.0389. The van der Waals surface area contributed by atoms with Gasteiger partial charge in [0.2, 0.25) is 5.95 Å². The van der Waals surface area contributed by atoms with Gasteiger partial charge in [0.05, 0.1) is 11.2 Å². The van der Waals surface area contributed by atoms with Crippen LogP contribution in [-0.2, 0) is 19.5 Å². The van der Waals surface area contributed by atoms with Crippen LogP contribution in [0.1, 0.15) is 36.1 Å². The van der Waals surface area contributed by atoms with Crippen LogP contribution in [0.5, 0.6) is 0 Å². The molecule has 6 nitrogen and oxygen atoms in total. The summed E-state index contributed by atoms with van der Waals surface area (Å²) in [6.07, 6.45) is 6.19. The second-order valence-electron chi connectivity index (χ2n) is 7.82. The molecule has 0 unspecified atom stereocenters. The third-order valence-corrected chi connectivity index (χ3v) is 5.91. The Morgan fingerprint density at radius 2 is 1.89 bits per heavy atom. The number of hydrogen-bond acceptors (Lipinski definition) is 5. The SMILES string of the molecule is O=c1[nH]c(N2CCCCC2)nc2c1CCN(Cc1cccc3cccnc13)C2. The van der Waals surface area contributed by atoms with E-state index >= 15 is 0 Å². The van der Waals surface area contributed by atoms with Crippen LogP contribution in [0.4, 0.5) is 5.95 Å². The van der Waals surface area contributed by atoms with E-state index in [2.05, 4.69) is 44.0 Å². The van der Waals surface area contributed by atoms with Gasteiger partial charge in [-0.25, -0.2) is 4.98 Å². The number of nitrogens with one attached hydrogen (secondary N) is 1. The number of rotatable bonds is 3. The molecule has 0 spiro atoms. The largest absolute Gasteiger partial charge is 0.342 e. The topological polar surface area (TPSA) is 65.1 Å². The monoisotopic (exact) mass is 375 g/mol. The summed E-state index contributed by atoms with van der Waals surface area (Å²) >= 11 is 0. The van der Waals surface area contributed by atoms with E-state index in [1.807, 2.05) is 12.3 Å². The number of H-pyrrole nitrogens is 1. The van der Waals surface area contributed by atoms with Crippen molar-refractivity contribution in [3.63, 3.8) is 0 Å². The molecule has 2 aliphatic heterocycles. The van der Waals surface area contributed by atoms with Crippen LogP contribution in [0.3, 0.4) is 0 Å². The summed E-state index contributed by atoms with van der Waals surface area (Å²) in [6, 6.07) is 10.4. The van der Waals surface area contributed by atoms with Crippen molar-refractivity contribution in [1.82, 2.24) is 19.9 Å². The fourth-order valence-corrected chi connectivity index (χ4v) is 4.41. The number of aromatic amines is 1. The molecule has 0 atom stereocenters. The number of anilines is 1. The van der Waals surface area contributed by atoms with E-state index < -0.39 is 0 Å². The summed E-state index contributed by atoms with van der Waals surface area (Å²) in [5.74, 6) is 0.747. The molecule has 2 aromatic heterocycles. The number of aromatic nitrogens is 3. The molecular formula is C22H25N5O. The number of pyridine rings is 1. The van der Waals surface area contributed by atoms with Crippen LogP contribution in [0, 0.1) is 0 Å². The van der Waals surface area contributed by atoms with Crippen molar-refractivity contribution >= 4 is 16.9 Å². The lowest BCUT2D eigenvalue weighted by molar-refractivity contribution is 0.241. The van der Waals surface area contributed by atoms with Gasteiger partial charge in [-0.05, 0) is 37.3 Å². The molecule has 1 aromatic carbocycles. The summed E-state index contributed by atoms with van der Waals surface area (Å²) in [5, 5.41) is 1.17. The highest BCUT2D eigenvalue weighted by Crippen LogP contribution is 2.23. The molecule has 2 aliphatic rings. The predicted molar refractivity (Wildman–Crippen MR) is 110 cm³/mol. The molecule has 0 amide bonds. The zero-order chi connectivity index (χ0) is 18.9. The number of para-hydroxylation sites is 1. The third kappa shape index (κ3) is 3.29. The molecule has 0 saturated carbocycles. The lowest BCUT2D eigenvalue weighted by atomic mass is 10.0. The average molecular weight is 375 g/mol. The summed E-state index contributed by atoms with van der Waals surface area (Å²) < 4.78 is 0. The fourth-order valence-electron chi connectivity index (χ4n) is 4.41. The van der Waals surface area contributed by atoms with Crippen LogP contribution >= 0.6 is 0 Å². The van der Waals surface area contributed by atoms with Crippen molar-refractivity contribution in [2.24, 2.45) is 0 Å². The number of benzene rings is 1. The first kappa shape index (κ1) is 17.4. The second kappa shape index (κ2) is 7.36. The van der Waals surface area contributed by atoms with Crippen LogP contribution in [-0.4, -0.2) is 39.5 Å². The zero-order valence-corrected chi connectivity index (χ0v) is 16.0. The smallest absolute Gasteiger partial charge is 0.255 e. The minimum Gasteiger partial charge on any atom is -0.342 e. The molecule has 1 N–H and O–H groups in total. The van der Waals surface area contributed by atoms with Gasteiger partial charge in [-0.3, -0.25) is 19.7 Å². The van der Waals surface area contributed by atoms with Crippen molar-refractivity contribution in [2.75, 3.05) is 24.5 Å². The van der Waals surface area contributed by atoms with Crippen molar-refractivity contribution in [3.8, 4) is 0 Å². The first-order valence-corrected chi connectivity index (χ1v) is 10.2. The van der Waals surface area contributed by atoms with Crippen molar-refractivity contribution in [2.45, 2.75) is 38.8 Å². The van der Waals surface area contributed by atoms with Gasteiger partial charge in [0.1, 0.15) is 0 Å². The maximum atomic E-state index is 12.6. The lowest BCUT2D eigenvalue weighted by Gasteiger charge is -2.31. The Balaban J connectivity index is 1.41. The summed E-state index contributed by atoms with van der Waals surface area (Å²) in [7, 11) is 0. The van der Waals surface area contributed by atoms with Gasteiger partial charge in [-0.1, -0.05) is 24.3 Å². The predicted octanol–water partition coefficient (Wildman–Crippen LogP) is 2.87. The van der Waals surface area contributed by atoms with Gasteiger partial charge in [-0.2, -0.15) is 0 Å². The number of nitrogens with zero attached hydrogens (tertiary/aromatic N) is 4. The van der Waals surface area contributed by atoms with Gasteiger partial charge in [0.15, 0.2) is 0 Å². The van der Waals surface area contributed by atoms with Crippen LogP contribution < -0.4 is 10.5 Å². The molecule has 0 bridgehead atoms. The Kier molecular flexibility index (Phi) is 4.56. The Morgan fingerprint density at radius 3 is 2.79 bits per heavy atom. The van der Waals surface area contributed by atoms with Crippen LogP contribution in [0.2, 0.25) is 0 Å². The number of fused-ring (bicyclic) bond motifs is 2. The lowest BCUT2D eigenvalue weighted by Crippen LogP contribution is -2.38. The van der Waals surface area contributed by atoms with E-state index in [-0.39, 0.29) is 5.56 Å². The van der Waals surface area contributed by atoms with Gasteiger partial charge >= 0.3 is 0 Å². The molecule has 1 saturated heterocycles. The van der Waals surface area contributed by atoms with Gasteiger partial charge in [0.25, 0.3) is 5.56 Å². The summed E-state index contributed by atoms with van der Waals surface area (Å²) in [5.41, 5.74) is 4.11. The van der Waals surface area contributed by atoms with Crippen molar-refractivity contribution in [1.29, 1.82) is 0 Å². The third-order valence-electron chi connectivity index (χ3n) is 5.91. The van der Waals surface area contributed by atoms with Gasteiger partial charge in [-0.15, -0.1) is 0 Å². The highest BCUT2D eigenvalue weighted by Gasteiger charge is 2.23. The molecule has 28 heavy (non-hydrogen) atoms. The number of hydrogen-bond donors (Lipinski definition) is 1. The molecular weight excluding hydrogens is 350 g/mol. The maximum absolute atomic E-state index is 12.6. The Morgan fingerprint density at radius 1 is 1.04 bits per heavy atom. The molecule has 5 rings (SSSR count). The van der Waals surface area contributed by atoms with E-state index in [0.29, 0.717) is 6.54 Å². The molecule has 144 valence electrons. The molecule has 0 radical (unpaired) electrons. The number of piperidine rings is 1.